The van der Waals surface area contributed by atoms with Crippen LogP contribution in [0.1, 0.15) is 0 Å². The first-order valence-corrected chi connectivity index (χ1v) is 4.69. The number of ether oxygens (including phenoxy) is 1. The molecule has 0 aliphatic carbocycles. The van der Waals surface area contributed by atoms with Crippen molar-refractivity contribution in [2.75, 3.05) is 7.11 Å². The van der Waals surface area contributed by atoms with Crippen LogP contribution in [0.3, 0.4) is 0 Å². The summed E-state index contributed by atoms with van der Waals surface area (Å²) in [5, 5.41) is 1.81. The Bertz CT molecular complexity index is 144. The van der Waals surface area contributed by atoms with Gasteiger partial charge in [-0.05, 0) is 5.41 Å². The molecule has 0 aromatic carbocycles. The van der Waals surface area contributed by atoms with Crippen LogP contribution in [0.2, 0.25) is 0 Å². The lowest BCUT2D eigenvalue weighted by Crippen LogP contribution is -2.13. The monoisotopic (exact) mass is 162 g/mol. The van der Waals surface area contributed by atoms with Crippen molar-refractivity contribution in [1.82, 2.24) is 0 Å². The molecule has 1 rings (SSSR count). The van der Waals surface area contributed by atoms with Crippen LogP contribution >= 0.6 is 21.6 Å². The van der Waals surface area contributed by atoms with Crippen molar-refractivity contribution in [2.24, 2.45) is 0 Å². The van der Waals surface area contributed by atoms with Gasteiger partial charge in [-0.1, -0.05) is 27.7 Å². The van der Waals surface area contributed by atoms with E-state index < -0.39 is 0 Å². The van der Waals surface area contributed by atoms with E-state index in [1.807, 2.05) is 11.5 Å². The van der Waals surface area contributed by atoms with E-state index in [-0.39, 0.29) is 11.2 Å². The molecule has 0 aromatic heterocycles. The van der Waals surface area contributed by atoms with Crippen molar-refractivity contribution < 1.29 is 9.53 Å². The number of carbonyl (C=O) groups is 1. The number of hydrogen-bond acceptors (Lipinski definition) is 4. The van der Waals surface area contributed by atoms with Crippen molar-refractivity contribution in [3.8, 4) is 0 Å². The van der Waals surface area contributed by atoms with E-state index >= 15 is 0 Å². The van der Waals surface area contributed by atoms with Gasteiger partial charge >= 0.3 is 5.97 Å². The lowest BCUT2D eigenvalue weighted by molar-refractivity contribution is -0.138. The quantitative estimate of drug-likeness (QED) is 0.430. The molecular weight excluding hydrogens is 156 g/mol. The Labute approximate surface area is 61.4 Å². The van der Waals surface area contributed by atoms with Crippen molar-refractivity contribution >= 4 is 27.6 Å². The van der Waals surface area contributed by atoms with Gasteiger partial charge in [-0.25, -0.2) is 0 Å². The highest BCUT2D eigenvalue weighted by Gasteiger charge is 2.19. The average Bonchev–Trinajstić information content (AvgIpc) is 2.37. The minimum absolute atomic E-state index is 0.0833. The summed E-state index contributed by atoms with van der Waals surface area (Å²) in [6.07, 6.45) is 1.83. The summed E-state index contributed by atoms with van der Waals surface area (Å²) in [5.41, 5.74) is 0. The molecule has 0 N–H and O–H groups in total. The molecule has 0 aromatic rings. The Balaban J connectivity index is 2.43. The maximum atomic E-state index is 10.7. The second kappa shape index (κ2) is 3.17. The molecule has 0 bridgehead atoms. The van der Waals surface area contributed by atoms with Crippen molar-refractivity contribution in [3.63, 3.8) is 0 Å². The molecule has 2 nitrogen and oxygen atoms in total. The van der Waals surface area contributed by atoms with Gasteiger partial charge in [0.2, 0.25) is 0 Å². The summed E-state index contributed by atoms with van der Waals surface area (Å²) in [7, 11) is 4.47. The molecule has 0 amide bonds. The summed E-state index contributed by atoms with van der Waals surface area (Å²) in [6, 6.07) is 0. The predicted octanol–water partition coefficient (Wildman–Crippen LogP) is 1.44. The first-order valence-electron chi connectivity index (χ1n) is 2.41. The highest BCUT2D eigenvalue weighted by atomic mass is 33.1. The second-order valence-corrected chi connectivity index (χ2v) is 3.78. The first kappa shape index (κ1) is 7.02. The summed E-state index contributed by atoms with van der Waals surface area (Å²) >= 11 is 0. The van der Waals surface area contributed by atoms with Crippen LogP contribution in [0.25, 0.3) is 0 Å². The Morgan fingerprint density at radius 2 is 2.56 bits per heavy atom. The molecule has 1 aliphatic rings. The lowest BCUT2D eigenvalue weighted by Gasteiger charge is -2.00. The Morgan fingerprint density at radius 3 is 3.00 bits per heavy atom. The molecule has 0 radical (unpaired) electrons. The molecule has 1 aliphatic heterocycles. The third-order valence-electron chi connectivity index (χ3n) is 0.902. The van der Waals surface area contributed by atoms with Crippen molar-refractivity contribution in [3.05, 3.63) is 11.5 Å². The maximum Gasteiger partial charge on any atom is 0.323 e. The predicted molar refractivity (Wildman–Crippen MR) is 40.1 cm³/mol. The zero-order valence-electron chi connectivity index (χ0n) is 4.87. The fraction of sp³-hybridized carbons (Fsp3) is 0.400. The van der Waals surface area contributed by atoms with Crippen LogP contribution in [0.15, 0.2) is 11.5 Å². The molecule has 0 saturated heterocycles. The largest absolute Gasteiger partial charge is 0.468 e. The van der Waals surface area contributed by atoms with E-state index in [4.69, 9.17) is 0 Å². The van der Waals surface area contributed by atoms with Gasteiger partial charge in [0.15, 0.2) is 0 Å². The SMILES string of the molecule is COC(=O)C1C=CSS1. The average molecular weight is 162 g/mol. The maximum absolute atomic E-state index is 10.7. The molecule has 0 saturated carbocycles. The van der Waals surface area contributed by atoms with Crippen molar-refractivity contribution in [2.45, 2.75) is 5.25 Å². The minimum atomic E-state index is -0.166. The van der Waals surface area contributed by atoms with Crippen LogP contribution < -0.4 is 0 Å². The number of hydrogen-bond donors (Lipinski definition) is 0. The van der Waals surface area contributed by atoms with Crippen LogP contribution in [-0.2, 0) is 9.53 Å². The highest BCUT2D eigenvalue weighted by Crippen LogP contribution is 2.35. The molecule has 0 spiro atoms. The molecule has 4 heteroatoms. The van der Waals surface area contributed by atoms with Crippen LogP contribution in [0.4, 0.5) is 0 Å². The highest BCUT2D eigenvalue weighted by molar-refractivity contribution is 8.78. The minimum Gasteiger partial charge on any atom is -0.468 e. The standard InChI is InChI=1S/C5H6O2S2/c1-7-5(6)4-2-3-8-9-4/h2-4H,1H3. The molecule has 0 fully saturated rings. The fourth-order valence-electron chi connectivity index (χ4n) is 0.461. The summed E-state index contributed by atoms with van der Waals surface area (Å²) in [5.74, 6) is -0.166. The number of methoxy groups -OCH3 is 1. The molecule has 1 atom stereocenters. The van der Waals surface area contributed by atoms with E-state index in [2.05, 4.69) is 4.74 Å². The van der Waals surface area contributed by atoms with Gasteiger partial charge in [0, 0.05) is 0 Å². The van der Waals surface area contributed by atoms with Gasteiger partial charge in [-0.2, -0.15) is 0 Å². The number of rotatable bonds is 1. The zero-order valence-corrected chi connectivity index (χ0v) is 6.50. The number of carbonyl (C=O) groups excluding carboxylic acids is 1. The van der Waals surface area contributed by atoms with E-state index in [0.717, 1.165) is 0 Å². The van der Waals surface area contributed by atoms with E-state index in [0.29, 0.717) is 0 Å². The van der Waals surface area contributed by atoms with Gasteiger partial charge in [-0.3, -0.25) is 4.79 Å². The Morgan fingerprint density at radius 1 is 1.78 bits per heavy atom. The zero-order chi connectivity index (χ0) is 6.69. The Hall–Kier alpha value is -0.0900. The van der Waals surface area contributed by atoms with Gasteiger partial charge in [-0.15, -0.1) is 0 Å². The summed E-state index contributed by atoms with van der Waals surface area (Å²) < 4.78 is 4.51. The normalized spacial score (nSPS) is 24.3. The van der Waals surface area contributed by atoms with Gasteiger partial charge in [0.05, 0.1) is 7.11 Å². The third kappa shape index (κ3) is 1.66. The van der Waals surface area contributed by atoms with Gasteiger partial charge < -0.3 is 4.74 Å². The van der Waals surface area contributed by atoms with E-state index in [9.17, 15) is 4.79 Å². The van der Waals surface area contributed by atoms with E-state index in [1.54, 1.807) is 10.8 Å². The van der Waals surface area contributed by atoms with Gasteiger partial charge in [0.1, 0.15) is 5.25 Å². The molecule has 50 valence electrons. The molecule has 1 heterocycles. The summed E-state index contributed by atoms with van der Waals surface area (Å²) in [4.78, 5) is 10.7. The van der Waals surface area contributed by atoms with Crippen LogP contribution in [0.5, 0.6) is 0 Å². The third-order valence-corrected chi connectivity index (χ3v) is 3.13. The lowest BCUT2D eigenvalue weighted by atomic mass is 10.4. The topological polar surface area (TPSA) is 26.3 Å². The van der Waals surface area contributed by atoms with E-state index in [1.165, 1.54) is 17.9 Å². The molecule has 9 heavy (non-hydrogen) atoms. The first-order chi connectivity index (χ1) is 4.34. The smallest absolute Gasteiger partial charge is 0.323 e. The second-order valence-electron chi connectivity index (χ2n) is 1.46. The number of esters is 1. The molecular formula is C5H6O2S2. The summed E-state index contributed by atoms with van der Waals surface area (Å²) in [6.45, 7) is 0. The fourth-order valence-corrected chi connectivity index (χ4v) is 2.46. The van der Waals surface area contributed by atoms with Crippen LogP contribution in [-0.4, -0.2) is 18.3 Å². The van der Waals surface area contributed by atoms with Crippen LogP contribution in [0, 0.1) is 0 Å². The molecule has 1 unspecified atom stereocenters. The Kier molecular flexibility index (Phi) is 2.48. The van der Waals surface area contributed by atoms with Crippen molar-refractivity contribution in [1.29, 1.82) is 0 Å². The van der Waals surface area contributed by atoms with Gasteiger partial charge in [0.25, 0.3) is 0 Å².